The second-order valence-electron chi connectivity index (χ2n) is 2.26. The van der Waals surface area contributed by atoms with Crippen LogP contribution in [0.3, 0.4) is 0 Å². The van der Waals surface area contributed by atoms with Crippen LogP contribution >= 0.6 is 0 Å². The molecule has 0 fully saturated rings. The van der Waals surface area contributed by atoms with Crippen LogP contribution in [0.1, 0.15) is 13.3 Å². The van der Waals surface area contributed by atoms with Gasteiger partial charge in [-0.3, -0.25) is 0 Å². The van der Waals surface area contributed by atoms with Crippen LogP contribution in [0.5, 0.6) is 0 Å². The zero-order valence-corrected chi connectivity index (χ0v) is 7.54. The van der Waals surface area contributed by atoms with Gasteiger partial charge in [0, 0.05) is 5.41 Å². The Morgan fingerprint density at radius 3 is 2.83 bits per heavy atom. The first-order valence-electron chi connectivity index (χ1n) is 3.62. The Balaban J connectivity index is 2.96. The van der Waals surface area contributed by atoms with E-state index < -0.39 is 9.84 Å². The number of hydrogen-bond acceptors (Lipinski definition) is 3. The van der Waals surface area contributed by atoms with Crippen LogP contribution < -0.4 is 0 Å². The van der Waals surface area contributed by atoms with E-state index >= 15 is 0 Å². The Morgan fingerprint density at radius 1 is 1.58 bits per heavy atom. The molecule has 3 nitrogen and oxygen atoms in total. The normalized spacial score (nSPS) is 12.4. The van der Waals surface area contributed by atoms with E-state index in [9.17, 15) is 8.42 Å². The highest BCUT2D eigenvalue weighted by atomic mass is 32.2. The molecule has 0 aliphatic carbocycles. The van der Waals surface area contributed by atoms with Gasteiger partial charge in [-0.05, 0) is 18.6 Å². The van der Waals surface area contributed by atoms with Crippen molar-refractivity contribution >= 4 is 9.84 Å². The quantitative estimate of drug-likeness (QED) is 0.725. The zero-order valence-electron chi connectivity index (χ0n) is 6.73. The molecule has 0 atom stereocenters. The third-order valence-corrected chi connectivity index (χ3v) is 2.63. The second kappa shape index (κ2) is 3.58. The third kappa shape index (κ3) is 1.98. The molecule has 0 bridgehead atoms. The lowest BCUT2D eigenvalue weighted by molar-refractivity contribution is 0.453. The van der Waals surface area contributed by atoms with Crippen LogP contribution in [-0.2, 0) is 9.84 Å². The lowest BCUT2D eigenvalue weighted by Crippen LogP contribution is -1.92. The topological polar surface area (TPSA) is 47.3 Å². The van der Waals surface area contributed by atoms with Gasteiger partial charge in [0.2, 0.25) is 14.9 Å². The van der Waals surface area contributed by atoms with E-state index in [0.717, 1.165) is 5.41 Å². The predicted octanol–water partition coefficient (Wildman–Crippen LogP) is 1.98. The van der Waals surface area contributed by atoms with Gasteiger partial charge in [0.25, 0.3) is 0 Å². The van der Waals surface area contributed by atoms with Crippen LogP contribution in [0.25, 0.3) is 0 Å². The number of allylic oxidation sites excluding steroid dienone is 1. The van der Waals surface area contributed by atoms with Crippen molar-refractivity contribution in [2.75, 3.05) is 0 Å². The molecule has 0 saturated carbocycles. The summed E-state index contributed by atoms with van der Waals surface area (Å²) in [5, 5.41) is 1.15. The molecule has 0 radical (unpaired) electrons. The van der Waals surface area contributed by atoms with Gasteiger partial charge in [-0.25, -0.2) is 8.42 Å². The van der Waals surface area contributed by atoms with E-state index in [0.29, 0.717) is 6.42 Å². The molecular formula is C8H10O3S. The average molecular weight is 186 g/mol. The maximum Gasteiger partial charge on any atom is 0.232 e. The Kier molecular flexibility index (Phi) is 2.70. The summed E-state index contributed by atoms with van der Waals surface area (Å²) in [6.45, 7) is 1.87. The maximum absolute atomic E-state index is 11.3. The van der Waals surface area contributed by atoms with Crippen molar-refractivity contribution < 1.29 is 12.8 Å². The highest BCUT2D eigenvalue weighted by Crippen LogP contribution is 2.12. The molecule has 1 heterocycles. The summed E-state index contributed by atoms with van der Waals surface area (Å²) in [6.07, 6.45) is 3.62. The Bertz CT molecular complexity index is 346. The average Bonchev–Trinajstić information content (AvgIpc) is 2.53. The fourth-order valence-electron chi connectivity index (χ4n) is 0.715. The van der Waals surface area contributed by atoms with Gasteiger partial charge >= 0.3 is 0 Å². The van der Waals surface area contributed by atoms with Gasteiger partial charge in [0.1, 0.15) is 0 Å². The smallest absolute Gasteiger partial charge is 0.232 e. The molecule has 66 valence electrons. The molecular weight excluding hydrogens is 176 g/mol. The van der Waals surface area contributed by atoms with Crippen LogP contribution in [0, 0.1) is 0 Å². The lowest BCUT2D eigenvalue weighted by Gasteiger charge is -1.90. The van der Waals surface area contributed by atoms with Crippen LogP contribution in [-0.4, -0.2) is 8.42 Å². The minimum Gasteiger partial charge on any atom is -0.453 e. The van der Waals surface area contributed by atoms with Crippen molar-refractivity contribution in [1.29, 1.82) is 0 Å². The molecule has 0 saturated heterocycles. The summed E-state index contributed by atoms with van der Waals surface area (Å²) in [4.78, 5) is 0. The SMILES string of the molecule is CCC=CS(=O)(=O)c1ccco1. The van der Waals surface area contributed by atoms with Crippen molar-refractivity contribution in [3.05, 3.63) is 29.9 Å². The minimum absolute atomic E-state index is 0.00722. The molecule has 0 N–H and O–H groups in total. The molecule has 1 aromatic rings. The Hall–Kier alpha value is -1.03. The molecule has 0 aliphatic heterocycles. The van der Waals surface area contributed by atoms with Gasteiger partial charge in [-0.15, -0.1) is 0 Å². The summed E-state index contributed by atoms with van der Waals surface area (Å²) >= 11 is 0. The predicted molar refractivity (Wildman–Crippen MR) is 45.3 cm³/mol. The largest absolute Gasteiger partial charge is 0.453 e. The van der Waals surface area contributed by atoms with Gasteiger partial charge in [-0.2, -0.15) is 0 Å². The first kappa shape index (κ1) is 9.06. The third-order valence-electron chi connectivity index (χ3n) is 1.29. The molecule has 1 rings (SSSR count). The van der Waals surface area contributed by atoms with Crippen molar-refractivity contribution in [3.8, 4) is 0 Å². The van der Waals surface area contributed by atoms with E-state index in [1.807, 2.05) is 6.92 Å². The summed E-state index contributed by atoms with van der Waals surface area (Å²) in [5.41, 5.74) is 0. The van der Waals surface area contributed by atoms with E-state index in [-0.39, 0.29) is 5.09 Å². The summed E-state index contributed by atoms with van der Waals surface area (Å²) in [7, 11) is -3.33. The lowest BCUT2D eigenvalue weighted by atomic mass is 10.5. The number of sulfone groups is 1. The molecule has 0 aromatic carbocycles. The van der Waals surface area contributed by atoms with E-state index in [2.05, 4.69) is 0 Å². The van der Waals surface area contributed by atoms with Crippen LogP contribution in [0.4, 0.5) is 0 Å². The van der Waals surface area contributed by atoms with Gasteiger partial charge in [-0.1, -0.05) is 13.0 Å². The van der Waals surface area contributed by atoms with Crippen molar-refractivity contribution in [2.24, 2.45) is 0 Å². The molecule has 0 aliphatic rings. The highest BCUT2D eigenvalue weighted by molar-refractivity contribution is 7.94. The van der Waals surface area contributed by atoms with E-state index in [4.69, 9.17) is 4.42 Å². The molecule has 0 amide bonds. The van der Waals surface area contributed by atoms with Gasteiger partial charge in [0.05, 0.1) is 6.26 Å². The fourth-order valence-corrected chi connectivity index (χ4v) is 1.75. The molecule has 0 spiro atoms. The number of rotatable bonds is 3. The number of furan rings is 1. The molecule has 12 heavy (non-hydrogen) atoms. The van der Waals surface area contributed by atoms with Crippen molar-refractivity contribution in [2.45, 2.75) is 18.4 Å². The standard InChI is InChI=1S/C8H10O3S/c1-2-3-7-12(9,10)8-5-4-6-11-8/h3-7H,2H2,1H3. The summed E-state index contributed by atoms with van der Waals surface area (Å²) in [6, 6.07) is 2.97. The highest BCUT2D eigenvalue weighted by Gasteiger charge is 2.11. The van der Waals surface area contributed by atoms with Crippen LogP contribution in [0.15, 0.2) is 39.4 Å². The molecule has 0 unspecified atom stereocenters. The maximum atomic E-state index is 11.3. The second-order valence-corrected chi connectivity index (χ2v) is 4.02. The Morgan fingerprint density at radius 2 is 2.33 bits per heavy atom. The molecule has 4 heteroatoms. The van der Waals surface area contributed by atoms with Crippen molar-refractivity contribution in [3.63, 3.8) is 0 Å². The Labute approximate surface area is 71.6 Å². The van der Waals surface area contributed by atoms with E-state index in [1.165, 1.54) is 12.3 Å². The first-order valence-corrected chi connectivity index (χ1v) is 5.16. The summed E-state index contributed by atoms with van der Waals surface area (Å²) in [5.74, 6) is 0. The molecule has 1 aromatic heterocycles. The van der Waals surface area contributed by atoms with Crippen molar-refractivity contribution in [1.82, 2.24) is 0 Å². The van der Waals surface area contributed by atoms with Gasteiger partial charge < -0.3 is 4.42 Å². The van der Waals surface area contributed by atoms with E-state index in [1.54, 1.807) is 12.1 Å². The number of hydrogen-bond donors (Lipinski definition) is 0. The first-order chi connectivity index (χ1) is 5.67. The van der Waals surface area contributed by atoms with Crippen LogP contribution in [0.2, 0.25) is 0 Å². The fraction of sp³-hybridized carbons (Fsp3) is 0.250. The summed E-state index contributed by atoms with van der Waals surface area (Å²) < 4.78 is 27.3. The minimum atomic E-state index is -3.33. The monoisotopic (exact) mass is 186 g/mol. The van der Waals surface area contributed by atoms with Gasteiger partial charge in [0.15, 0.2) is 0 Å². The zero-order chi connectivity index (χ0) is 9.03.